The molecule has 0 spiro atoms. The van der Waals surface area contributed by atoms with Crippen LogP contribution in [0.2, 0.25) is 0 Å². The lowest BCUT2D eigenvalue weighted by atomic mass is 9.83. The minimum Gasteiger partial charge on any atom is -0.456 e. The molecule has 0 saturated carbocycles. The van der Waals surface area contributed by atoms with Gasteiger partial charge in [0.1, 0.15) is 11.2 Å². The lowest BCUT2D eigenvalue weighted by Crippen LogP contribution is -1.93. The summed E-state index contributed by atoms with van der Waals surface area (Å²) in [6, 6.07) is 70.8. The van der Waals surface area contributed by atoms with Crippen LogP contribution < -0.4 is 0 Å². The van der Waals surface area contributed by atoms with Gasteiger partial charge in [0, 0.05) is 10.8 Å². The van der Waals surface area contributed by atoms with Gasteiger partial charge in [-0.05, 0) is 118 Å². The van der Waals surface area contributed by atoms with E-state index in [9.17, 15) is 0 Å². The van der Waals surface area contributed by atoms with Gasteiger partial charge in [-0.25, -0.2) is 0 Å². The molecule has 1 aromatic heterocycles. The second-order valence-electron chi connectivity index (χ2n) is 14.0. The third kappa shape index (κ3) is 4.71. The molecule has 1 nitrogen and oxygen atoms in total. The zero-order valence-electron chi connectivity index (χ0n) is 28.9. The highest BCUT2D eigenvalue weighted by molar-refractivity contribution is 6.25. The summed E-state index contributed by atoms with van der Waals surface area (Å²) in [5.41, 5.74) is 11.6. The van der Waals surface area contributed by atoms with Crippen LogP contribution in [-0.2, 0) is 0 Å². The highest BCUT2D eigenvalue weighted by Crippen LogP contribution is 2.47. The summed E-state index contributed by atoms with van der Waals surface area (Å²) in [4.78, 5) is 0. The van der Waals surface area contributed by atoms with E-state index < -0.39 is 0 Å². The average Bonchev–Trinajstić information content (AvgIpc) is 3.60. The smallest absolute Gasteiger partial charge is 0.135 e. The molecule has 0 bridgehead atoms. The van der Waals surface area contributed by atoms with Crippen molar-refractivity contribution in [1.29, 1.82) is 0 Å². The summed E-state index contributed by atoms with van der Waals surface area (Å²) in [5.74, 6) is 0. The van der Waals surface area contributed by atoms with Crippen LogP contribution in [0.15, 0.2) is 199 Å². The number of furan rings is 1. The Hall–Kier alpha value is -6.96. The fraction of sp³-hybridized carbons (Fsp3) is 0. The van der Waals surface area contributed by atoms with Crippen molar-refractivity contribution in [3.8, 4) is 44.5 Å². The molecule has 0 aliphatic carbocycles. The van der Waals surface area contributed by atoms with E-state index in [1.807, 2.05) is 12.1 Å². The summed E-state index contributed by atoms with van der Waals surface area (Å²) >= 11 is 0. The van der Waals surface area contributed by atoms with Crippen LogP contribution in [0.3, 0.4) is 0 Å². The maximum absolute atomic E-state index is 6.15. The van der Waals surface area contributed by atoms with Crippen LogP contribution in [-0.4, -0.2) is 0 Å². The molecular weight excluding hydrogens is 641 g/mol. The Morgan fingerprint density at radius 3 is 1.34 bits per heavy atom. The molecule has 53 heavy (non-hydrogen) atoms. The van der Waals surface area contributed by atoms with Crippen LogP contribution in [0.1, 0.15) is 0 Å². The number of hydrogen-bond acceptors (Lipinski definition) is 1. The first kappa shape index (κ1) is 29.7. The summed E-state index contributed by atoms with van der Waals surface area (Å²) in [6.45, 7) is 0. The van der Waals surface area contributed by atoms with E-state index in [1.165, 1.54) is 87.6 Å². The number of rotatable bonds is 4. The molecule has 11 aromatic rings. The number of para-hydroxylation sites is 1. The highest BCUT2D eigenvalue weighted by Gasteiger charge is 2.20. The number of hydrogen-bond donors (Lipinski definition) is 0. The number of fused-ring (bicyclic) bond motifs is 7. The third-order valence-corrected chi connectivity index (χ3v) is 11.0. The Morgan fingerprint density at radius 1 is 0.245 bits per heavy atom. The zero-order valence-corrected chi connectivity index (χ0v) is 28.9. The summed E-state index contributed by atoms with van der Waals surface area (Å²) in [6.07, 6.45) is 0. The second-order valence-corrected chi connectivity index (χ2v) is 14.0. The van der Waals surface area contributed by atoms with E-state index >= 15 is 0 Å². The van der Waals surface area contributed by atoms with Crippen molar-refractivity contribution in [2.45, 2.75) is 0 Å². The molecular formula is C52H32O. The lowest BCUT2D eigenvalue weighted by Gasteiger charge is -2.20. The maximum Gasteiger partial charge on any atom is 0.135 e. The highest BCUT2D eigenvalue weighted by atomic mass is 16.3. The Kier molecular flexibility index (Phi) is 6.62. The Labute approximate surface area is 307 Å². The van der Waals surface area contributed by atoms with E-state index in [2.05, 4.69) is 182 Å². The molecule has 10 aromatic carbocycles. The quantitative estimate of drug-likeness (QED) is 0.170. The predicted octanol–water partition coefficient (Wildman–Crippen LogP) is 14.9. The first-order chi connectivity index (χ1) is 26.3. The molecule has 0 aliphatic heterocycles. The predicted molar refractivity (Wildman–Crippen MR) is 225 cm³/mol. The third-order valence-electron chi connectivity index (χ3n) is 11.0. The molecule has 0 aliphatic rings. The molecule has 1 heteroatoms. The van der Waals surface area contributed by atoms with Gasteiger partial charge < -0.3 is 4.42 Å². The summed E-state index contributed by atoms with van der Waals surface area (Å²) < 4.78 is 6.15. The van der Waals surface area contributed by atoms with E-state index in [1.54, 1.807) is 0 Å². The Bertz CT molecular complexity index is 3220. The molecule has 1 heterocycles. The minimum atomic E-state index is 0.913. The largest absolute Gasteiger partial charge is 0.456 e. The Morgan fingerprint density at radius 2 is 0.679 bits per heavy atom. The normalized spacial score (nSPS) is 11.8. The van der Waals surface area contributed by atoms with Crippen molar-refractivity contribution >= 4 is 65.0 Å². The van der Waals surface area contributed by atoms with Gasteiger partial charge in [0.25, 0.3) is 0 Å². The lowest BCUT2D eigenvalue weighted by molar-refractivity contribution is 0.669. The van der Waals surface area contributed by atoms with E-state index in [0.717, 1.165) is 21.9 Å². The van der Waals surface area contributed by atoms with Crippen molar-refractivity contribution < 1.29 is 4.42 Å². The molecule has 0 radical (unpaired) electrons. The molecule has 0 fully saturated rings. The van der Waals surface area contributed by atoms with Gasteiger partial charge in [0.15, 0.2) is 0 Å². The van der Waals surface area contributed by atoms with Crippen LogP contribution in [0, 0.1) is 0 Å². The van der Waals surface area contributed by atoms with Crippen LogP contribution >= 0.6 is 0 Å². The first-order valence-electron chi connectivity index (χ1n) is 18.3. The van der Waals surface area contributed by atoms with E-state index in [-0.39, 0.29) is 0 Å². The fourth-order valence-electron chi connectivity index (χ4n) is 8.61. The first-order valence-corrected chi connectivity index (χ1v) is 18.3. The fourth-order valence-corrected chi connectivity index (χ4v) is 8.61. The van der Waals surface area contributed by atoms with Crippen LogP contribution in [0.5, 0.6) is 0 Å². The van der Waals surface area contributed by atoms with Crippen molar-refractivity contribution in [1.82, 2.24) is 0 Å². The summed E-state index contributed by atoms with van der Waals surface area (Å²) in [7, 11) is 0. The summed E-state index contributed by atoms with van der Waals surface area (Å²) in [5, 5.41) is 12.3. The van der Waals surface area contributed by atoms with Gasteiger partial charge in [-0.15, -0.1) is 0 Å². The van der Waals surface area contributed by atoms with E-state index in [4.69, 9.17) is 4.42 Å². The van der Waals surface area contributed by atoms with Crippen molar-refractivity contribution in [3.63, 3.8) is 0 Å². The standard InChI is InChI=1S/C52H32O/c1-3-18-39-33(12-1)14-10-23-42(39)51-44-21-5-6-22-45(44)52(43-24-11-15-34-13-2-4-19-40(34)43)48-32-37(26-28-46(48)51)35-16-9-17-36(30-35)38-27-29-50-47(31-38)41-20-7-8-25-49(41)53-50/h1-32H. The van der Waals surface area contributed by atoms with Gasteiger partial charge in [-0.3, -0.25) is 0 Å². The van der Waals surface area contributed by atoms with Gasteiger partial charge in [-0.1, -0.05) is 164 Å². The van der Waals surface area contributed by atoms with Gasteiger partial charge in [0.2, 0.25) is 0 Å². The number of benzene rings is 10. The van der Waals surface area contributed by atoms with Gasteiger partial charge in [-0.2, -0.15) is 0 Å². The van der Waals surface area contributed by atoms with Crippen LogP contribution in [0.4, 0.5) is 0 Å². The van der Waals surface area contributed by atoms with Crippen molar-refractivity contribution in [2.24, 2.45) is 0 Å². The minimum absolute atomic E-state index is 0.913. The Balaban J connectivity index is 1.19. The molecule has 0 atom stereocenters. The molecule has 0 unspecified atom stereocenters. The topological polar surface area (TPSA) is 13.1 Å². The molecule has 0 N–H and O–H groups in total. The molecule has 11 rings (SSSR count). The van der Waals surface area contributed by atoms with Crippen LogP contribution in [0.25, 0.3) is 110 Å². The molecule has 0 saturated heterocycles. The SMILES string of the molecule is c1cc(-c2ccc3c(-c4cccc5ccccc45)c4ccccc4c(-c4cccc5ccccc45)c3c2)cc(-c2ccc3oc4ccccc4c3c2)c1. The maximum atomic E-state index is 6.15. The molecule has 0 amide bonds. The second kappa shape index (κ2) is 11.8. The molecule has 246 valence electrons. The average molecular weight is 673 g/mol. The zero-order chi connectivity index (χ0) is 34.9. The monoisotopic (exact) mass is 672 g/mol. The van der Waals surface area contributed by atoms with Gasteiger partial charge >= 0.3 is 0 Å². The van der Waals surface area contributed by atoms with E-state index in [0.29, 0.717) is 0 Å². The van der Waals surface area contributed by atoms with Gasteiger partial charge in [0.05, 0.1) is 0 Å². The van der Waals surface area contributed by atoms with Crippen molar-refractivity contribution in [2.75, 3.05) is 0 Å². The van der Waals surface area contributed by atoms with Crippen molar-refractivity contribution in [3.05, 3.63) is 194 Å².